The number of hydrogen-bond acceptors (Lipinski definition) is 5. The van der Waals surface area contributed by atoms with E-state index in [1.54, 1.807) is 25.3 Å². The molecule has 1 aromatic heterocycles. The molecule has 0 N–H and O–H groups in total. The average Bonchev–Trinajstić information content (AvgIpc) is 3.01. The highest BCUT2D eigenvalue weighted by Gasteiger charge is 2.17. The van der Waals surface area contributed by atoms with Gasteiger partial charge in [-0.05, 0) is 19.1 Å². The predicted octanol–water partition coefficient (Wildman–Crippen LogP) is 3.24. The number of hydrogen-bond donors (Lipinski definition) is 0. The molecule has 0 spiro atoms. The van der Waals surface area contributed by atoms with Crippen LogP contribution in [0.4, 0.5) is 0 Å². The second kappa shape index (κ2) is 6.84. The topological polar surface area (TPSA) is 62.1 Å². The molecule has 0 fully saturated rings. The van der Waals surface area contributed by atoms with Crippen molar-refractivity contribution in [2.24, 2.45) is 4.99 Å². The molecule has 3 aromatic rings. The van der Waals surface area contributed by atoms with Gasteiger partial charge in [-0.15, -0.1) is 0 Å². The third-order valence-electron chi connectivity index (χ3n) is 4.20. The van der Waals surface area contributed by atoms with Crippen molar-refractivity contribution in [3.63, 3.8) is 0 Å². The van der Waals surface area contributed by atoms with E-state index in [9.17, 15) is 4.79 Å². The Morgan fingerprint density at radius 1 is 1.23 bits per heavy atom. The van der Waals surface area contributed by atoms with Crippen LogP contribution < -0.4 is 19.0 Å². The van der Waals surface area contributed by atoms with Gasteiger partial charge in [-0.25, -0.2) is 0 Å². The number of benzene rings is 2. The van der Waals surface area contributed by atoms with Gasteiger partial charge >= 0.3 is 0 Å². The van der Waals surface area contributed by atoms with E-state index in [2.05, 4.69) is 4.99 Å². The molecule has 4 rings (SSSR count). The summed E-state index contributed by atoms with van der Waals surface area (Å²) < 4.78 is 19.6. The standard InChI is InChI=1S/C19H18N2O4S/c1-3-21-13-10-15-16(25-9-8-24-15)11-17(13)26-19(21)20-18(22)12-6-4-5-7-14(12)23-2/h4-7,10-11H,3,8-9H2,1-2H3. The maximum absolute atomic E-state index is 12.7. The Morgan fingerprint density at radius 2 is 1.96 bits per heavy atom. The number of para-hydroxylation sites is 1. The summed E-state index contributed by atoms with van der Waals surface area (Å²) in [6, 6.07) is 11.0. The molecule has 1 aliphatic heterocycles. The van der Waals surface area contributed by atoms with E-state index in [1.807, 2.05) is 29.7 Å². The Morgan fingerprint density at radius 3 is 2.69 bits per heavy atom. The Balaban J connectivity index is 1.85. The SMILES string of the molecule is CCn1c(=NC(=O)c2ccccc2OC)sc2cc3c(cc21)OCCO3. The van der Waals surface area contributed by atoms with Gasteiger partial charge in [0.25, 0.3) is 5.91 Å². The summed E-state index contributed by atoms with van der Waals surface area (Å²) in [7, 11) is 1.54. The van der Waals surface area contributed by atoms with Crippen LogP contribution in [0.25, 0.3) is 10.2 Å². The van der Waals surface area contributed by atoms with E-state index in [0.717, 1.165) is 21.7 Å². The Labute approximate surface area is 154 Å². The number of rotatable bonds is 3. The van der Waals surface area contributed by atoms with Crippen LogP contribution in [0.2, 0.25) is 0 Å². The lowest BCUT2D eigenvalue weighted by Crippen LogP contribution is -2.17. The lowest BCUT2D eigenvalue weighted by Gasteiger charge is -2.18. The fraction of sp³-hybridized carbons (Fsp3) is 0.263. The molecule has 134 valence electrons. The fourth-order valence-corrected chi connectivity index (χ4v) is 4.07. The van der Waals surface area contributed by atoms with Gasteiger partial charge in [0, 0.05) is 18.7 Å². The zero-order valence-electron chi connectivity index (χ0n) is 14.5. The van der Waals surface area contributed by atoms with E-state index in [1.165, 1.54) is 11.3 Å². The number of methoxy groups -OCH3 is 1. The molecule has 0 saturated carbocycles. The van der Waals surface area contributed by atoms with Gasteiger partial charge in [0.15, 0.2) is 16.3 Å². The van der Waals surface area contributed by atoms with Crippen LogP contribution in [-0.4, -0.2) is 30.8 Å². The Hall–Kier alpha value is -2.80. The molecule has 0 saturated heterocycles. The predicted molar refractivity (Wildman–Crippen MR) is 99.4 cm³/mol. The number of fused-ring (bicyclic) bond motifs is 2. The molecular weight excluding hydrogens is 352 g/mol. The van der Waals surface area contributed by atoms with Crippen LogP contribution in [0.3, 0.4) is 0 Å². The van der Waals surface area contributed by atoms with Crippen molar-refractivity contribution in [2.45, 2.75) is 13.5 Å². The number of carbonyl (C=O) groups excluding carboxylic acids is 1. The zero-order chi connectivity index (χ0) is 18.1. The largest absolute Gasteiger partial charge is 0.496 e. The lowest BCUT2D eigenvalue weighted by molar-refractivity contribution is 0.0995. The average molecular weight is 370 g/mol. The second-order valence-corrected chi connectivity index (χ2v) is 6.72. The first-order valence-electron chi connectivity index (χ1n) is 8.36. The molecular formula is C19H18N2O4S. The van der Waals surface area contributed by atoms with Gasteiger partial charge in [-0.1, -0.05) is 23.5 Å². The number of carbonyl (C=O) groups is 1. The molecule has 2 heterocycles. The zero-order valence-corrected chi connectivity index (χ0v) is 15.3. The first-order chi connectivity index (χ1) is 12.7. The minimum Gasteiger partial charge on any atom is -0.496 e. The minimum absolute atomic E-state index is 0.325. The quantitative estimate of drug-likeness (QED) is 0.710. The summed E-state index contributed by atoms with van der Waals surface area (Å²) in [4.78, 5) is 17.7. The van der Waals surface area contributed by atoms with E-state index < -0.39 is 0 Å². The number of ether oxygens (including phenoxy) is 3. The van der Waals surface area contributed by atoms with Gasteiger partial charge in [-0.2, -0.15) is 4.99 Å². The molecule has 0 bridgehead atoms. The fourth-order valence-electron chi connectivity index (χ4n) is 2.97. The molecule has 26 heavy (non-hydrogen) atoms. The van der Waals surface area contributed by atoms with Crippen LogP contribution in [0.5, 0.6) is 17.2 Å². The van der Waals surface area contributed by atoms with Crippen LogP contribution >= 0.6 is 11.3 Å². The molecule has 0 unspecified atom stereocenters. The maximum Gasteiger partial charge on any atom is 0.283 e. The number of thiazole rings is 1. The van der Waals surface area contributed by atoms with Gasteiger partial charge < -0.3 is 18.8 Å². The third kappa shape index (κ3) is 2.84. The summed E-state index contributed by atoms with van der Waals surface area (Å²) in [5.41, 5.74) is 1.43. The molecule has 6 nitrogen and oxygen atoms in total. The molecule has 1 aliphatic rings. The van der Waals surface area contributed by atoms with E-state index in [4.69, 9.17) is 14.2 Å². The highest BCUT2D eigenvalue weighted by atomic mass is 32.1. The van der Waals surface area contributed by atoms with Crippen molar-refractivity contribution in [1.29, 1.82) is 0 Å². The van der Waals surface area contributed by atoms with E-state index >= 15 is 0 Å². The normalized spacial score (nSPS) is 13.8. The number of aromatic nitrogens is 1. The van der Waals surface area contributed by atoms with Gasteiger partial charge in [0.2, 0.25) is 0 Å². The van der Waals surface area contributed by atoms with Crippen molar-refractivity contribution in [1.82, 2.24) is 4.57 Å². The van der Waals surface area contributed by atoms with Crippen LogP contribution in [0, 0.1) is 0 Å². The van der Waals surface area contributed by atoms with Gasteiger partial charge in [0.05, 0.1) is 22.9 Å². The monoisotopic (exact) mass is 370 g/mol. The van der Waals surface area contributed by atoms with Gasteiger partial charge in [0.1, 0.15) is 19.0 Å². The molecule has 7 heteroatoms. The lowest BCUT2D eigenvalue weighted by atomic mass is 10.2. The van der Waals surface area contributed by atoms with Gasteiger partial charge in [-0.3, -0.25) is 4.79 Å². The van der Waals surface area contributed by atoms with Crippen molar-refractivity contribution in [2.75, 3.05) is 20.3 Å². The Kier molecular flexibility index (Phi) is 4.38. The minimum atomic E-state index is -0.325. The van der Waals surface area contributed by atoms with Crippen molar-refractivity contribution < 1.29 is 19.0 Å². The smallest absolute Gasteiger partial charge is 0.283 e. The maximum atomic E-state index is 12.7. The summed E-state index contributed by atoms with van der Waals surface area (Å²) in [5.74, 6) is 1.65. The van der Waals surface area contributed by atoms with Crippen LogP contribution in [0.1, 0.15) is 17.3 Å². The first-order valence-corrected chi connectivity index (χ1v) is 9.18. The third-order valence-corrected chi connectivity index (χ3v) is 5.24. The molecule has 0 atom stereocenters. The number of aryl methyl sites for hydroxylation is 1. The molecule has 2 aromatic carbocycles. The molecule has 0 aliphatic carbocycles. The highest BCUT2D eigenvalue weighted by molar-refractivity contribution is 7.16. The molecule has 1 amide bonds. The highest BCUT2D eigenvalue weighted by Crippen LogP contribution is 2.35. The van der Waals surface area contributed by atoms with Crippen LogP contribution in [0.15, 0.2) is 41.4 Å². The molecule has 0 radical (unpaired) electrons. The number of nitrogens with zero attached hydrogens (tertiary/aromatic N) is 2. The van der Waals surface area contributed by atoms with Crippen molar-refractivity contribution in [3.05, 3.63) is 46.8 Å². The first kappa shape index (κ1) is 16.7. The summed E-state index contributed by atoms with van der Waals surface area (Å²) in [6.45, 7) is 3.80. The van der Waals surface area contributed by atoms with Crippen molar-refractivity contribution >= 4 is 27.5 Å². The Bertz CT molecular complexity index is 1050. The summed E-state index contributed by atoms with van der Waals surface area (Å²) in [6.07, 6.45) is 0. The number of amides is 1. The van der Waals surface area contributed by atoms with Crippen molar-refractivity contribution in [3.8, 4) is 17.2 Å². The summed E-state index contributed by atoms with van der Waals surface area (Å²) >= 11 is 1.46. The second-order valence-electron chi connectivity index (χ2n) is 5.71. The van der Waals surface area contributed by atoms with Crippen LogP contribution in [-0.2, 0) is 6.54 Å². The van der Waals surface area contributed by atoms with E-state index in [0.29, 0.717) is 35.9 Å². The summed E-state index contributed by atoms with van der Waals surface area (Å²) in [5, 5.41) is 0. The van der Waals surface area contributed by atoms with E-state index in [-0.39, 0.29) is 5.91 Å².